The van der Waals surface area contributed by atoms with E-state index in [1.807, 2.05) is 13.8 Å². The molecule has 19 heavy (non-hydrogen) atoms. The Balaban J connectivity index is 2.31. The van der Waals surface area contributed by atoms with E-state index < -0.39 is 0 Å². The van der Waals surface area contributed by atoms with E-state index in [0.717, 1.165) is 16.6 Å². The maximum atomic E-state index is 13.2. The fraction of sp³-hybridized carbons (Fsp3) is 0.231. The molecule has 0 aliphatic carbocycles. The number of aromatic nitrogens is 2. The number of rotatable bonds is 4. The molecule has 0 unspecified atom stereocenters. The summed E-state index contributed by atoms with van der Waals surface area (Å²) in [7, 11) is 0. The summed E-state index contributed by atoms with van der Waals surface area (Å²) in [6.07, 6.45) is 1.72. The van der Waals surface area contributed by atoms with Gasteiger partial charge < -0.3 is 10.6 Å². The quantitative estimate of drug-likeness (QED) is 0.896. The lowest BCUT2D eigenvalue weighted by atomic mass is 10.3. The Morgan fingerprint density at radius 1 is 1.37 bits per heavy atom. The fourth-order valence-corrected chi connectivity index (χ4v) is 1.88. The zero-order valence-corrected chi connectivity index (χ0v) is 12.3. The molecule has 1 aromatic heterocycles. The van der Waals surface area contributed by atoms with Crippen molar-refractivity contribution in [2.45, 2.75) is 13.8 Å². The van der Waals surface area contributed by atoms with Crippen molar-refractivity contribution in [1.29, 1.82) is 0 Å². The Labute approximate surface area is 119 Å². The highest BCUT2D eigenvalue weighted by molar-refractivity contribution is 9.10. The molecule has 2 N–H and O–H groups in total. The van der Waals surface area contributed by atoms with Gasteiger partial charge in [0.15, 0.2) is 0 Å². The van der Waals surface area contributed by atoms with Crippen LogP contribution in [0.3, 0.4) is 0 Å². The van der Waals surface area contributed by atoms with E-state index >= 15 is 0 Å². The Hall–Kier alpha value is -1.69. The van der Waals surface area contributed by atoms with E-state index in [2.05, 4.69) is 36.5 Å². The summed E-state index contributed by atoms with van der Waals surface area (Å²) in [6, 6.07) is 4.46. The van der Waals surface area contributed by atoms with Crippen molar-refractivity contribution in [3.63, 3.8) is 0 Å². The number of anilines is 3. The van der Waals surface area contributed by atoms with Crippen LogP contribution in [0.1, 0.15) is 12.5 Å². The zero-order chi connectivity index (χ0) is 13.8. The second-order valence-corrected chi connectivity index (χ2v) is 4.86. The molecule has 6 heteroatoms. The number of hydrogen-bond donors (Lipinski definition) is 2. The van der Waals surface area contributed by atoms with Crippen LogP contribution in [0, 0.1) is 12.7 Å². The highest BCUT2D eigenvalue weighted by Gasteiger charge is 2.07. The van der Waals surface area contributed by atoms with Gasteiger partial charge in [-0.3, -0.25) is 0 Å². The first-order valence-corrected chi connectivity index (χ1v) is 6.69. The molecule has 0 aliphatic heterocycles. The van der Waals surface area contributed by atoms with Crippen molar-refractivity contribution in [1.82, 2.24) is 9.97 Å². The Kier molecular flexibility index (Phi) is 4.31. The van der Waals surface area contributed by atoms with Gasteiger partial charge in [-0.1, -0.05) is 0 Å². The third kappa shape index (κ3) is 3.41. The van der Waals surface area contributed by atoms with Gasteiger partial charge in [-0.05, 0) is 48.0 Å². The molecule has 0 fully saturated rings. The third-order valence-corrected chi connectivity index (χ3v) is 3.18. The third-order valence-electron chi connectivity index (χ3n) is 2.49. The van der Waals surface area contributed by atoms with E-state index in [4.69, 9.17) is 0 Å². The van der Waals surface area contributed by atoms with Crippen molar-refractivity contribution in [2.75, 3.05) is 17.2 Å². The fourth-order valence-electron chi connectivity index (χ4n) is 1.53. The molecule has 0 spiro atoms. The maximum absolute atomic E-state index is 13.2. The molecule has 0 amide bonds. The molecule has 1 heterocycles. The van der Waals surface area contributed by atoms with Gasteiger partial charge in [-0.25, -0.2) is 9.37 Å². The van der Waals surface area contributed by atoms with Gasteiger partial charge in [-0.15, -0.1) is 0 Å². The second kappa shape index (κ2) is 5.97. The number of benzene rings is 1. The SMILES string of the molecule is CCNc1ncc(C)c(Nc2cc(F)ccc2Br)n1. The highest BCUT2D eigenvalue weighted by atomic mass is 79.9. The van der Waals surface area contributed by atoms with Gasteiger partial charge in [0.2, 0.25) is 5.95 Å². The number of halogens is 2. The number of hydrogen-bond acceptors (Lipinski definition) is 4. The topological polar surface area (TPSA) is 49.8 Å². The summed E-state index contributed by atoms with van der Waals surface area (Å²) in [6.45, 7) is 4.61. The highest BCUT2D eigenvalue weighted by Crippen LogP contribution is 2.27. The molecular formula is C13H14BrFN4. The molecule has 2 aromatic rings. The molecule has 0 saturated heterocycles. The summed E-state index contributed by atoms with van der Waals surface area (Å²) in [5.41, 5.74) is 1.52. The molecule has 1 aromatic carbocycles. The maximum Gasteiger partial charge on any atom is 0.224 e. The van der Waals surface area contributed by atoms with Crippen molar-refractivity contribution in [3.8, 4) is 0 Å². The van der Waals surface area contributed by atoms with Gasteiger partial charge in [0.1, 0.15) is 11.6 Å². The van der Waals surface area contributed by atoms with Gasteiger partial charge in [0.05, 0.1) is 5.69 Å². The van der Waals surface area contributed by atoms with Crippen LogP contribution in [-0.4, -0.2) is 16.5 Å². The van der Waals surface area contributed by atoms with Crippen LogP contribution in [0.5, 0.6) is 0 Å². The normalized spacial score (nSPS) is 10.3. The lowest BCUT2D eigenvalue weighted by molar-refractivity contribution is 0.628. The van der Waals surface area contributed by atoms with Gasteiger partial charge in [-0.2, -0.15) is 4.98 Å². The van der Waals surface area contributed by atoms with Crippen LogP contribution in [0.4, 0.5) is 21.8 Å². The van der Waals surface area contributed by atoms with Crippen molar-refractivity contribution >= 4 is 33.4 Å². The second-order valence-electron chi connectivity index (χ2n) is 4.00. The molecular weight excluding hydrogens is 311 g/mol. The molecule has 0 radical (unpaired) electrons. The molecule has 100 valence electrons. The summed E-state index contributed by atoms with van der Waals surface area (Å²) in [5.74, 6) is 0.893. The smallest absolute Gasteiger partial charge is 0.224 e. The minimum atomic E-state index is -0.302. The summed E-state index contributed by atoms with van der Waals surface area (Å²) < 4.78 is 14.0. The number of nitrogens with zero attached hydrogens (tertiary/aromatic N) is 2. The van der Waals surface area contributed by atoms with E-state index in [1.54, 1.807) is 12.3 Å². The lowest BCUT2D eigenvalue weighted by Crippen LogP contribution is -2.05. The Morgan fingerprint density at radius 3 is 2.89 bits per heavy atom. The molecule has 0 saturated carbocycles. The van der Waals surface area contributed by atoms with Crippen molar-refractivity contribution in [3.05, 3.63) is 40.2 Å². The first-order valence-electron chi connectivity index (χ1n) is 5.89. The monoisotopic (exact) mass is 324 g/mol. The van der Waals surface area contributed by atoms with Crippen LogP contribution in [0.25, 0.3) is 0 Å². The molecule has 0 bridgehead atoms. The Morgan fingerprint density at radius 2 is 2.16 bits per heavy atom. The van der Waals surface area contributed by atoms with Crippen molar-refractivity contribution in [2.24, 2.45) is 0 Å². The van der Waals surface area contributed by atoms with Gasteiger partial charge in [0, 0.05) is 22.8 Å². The minimum Gasteiger partial charge on any atom is -0.354 e. The molecule has 0 atom stereocenters. The van der Waals surface area contributed by atoms with E-state index in [9.17, 15) is 4.39 Å². The van der Waals surface area contributed by atoms with Gasteiger partial charge in [0.25, 0.3) is 0 Å². The molecule has 2 rings (SSSR count). The predicted molar refractivity (Wildman–Crippen MR) is 78.3 cm³/mol. The number of nitrogens with one attached hydrogen (secondary N) is 2. The number of aryl methyl sites for hydroxylation is 1. The van der Waals surface area contributed by atoms with Crippen molar-refractivity contribution < 1.29 is 4.39 Å². The van der Waals surface area contributed by atoms with Gasteiger partial charge >= 0.3 is 0 Å². The first-order chi connectivity index (χ1) is 9.10. The largest absolute Gasteiger partial charge is 0.354 e. The van der Waals surface area contributed by atoms with Crippen LogP contribution in [0.2, 0.25) is 0 Å². The first kappa shape index (κ1) is 13.7. The summed E-state index contributed by atoms with van der Waals surface area (Å²) in [5, 5.41) is 6.14. The van der Waals surface area contributed by atoms with Crippen LogP contribution >= 0.6 is 15.9 Å². The van der Waals surface area contributed by atoms with Crippen LogP contribution in [-0.2, 0) is 0 Å². The van der Waals surface area contributed by atoms with Crippen LogP contribution < -0.4 is 10.6 Å². The van der Waals surface area contributed by atoms with E-state index in [-0.39, 0.29) is 5.82 Å². The average molecular weight is 325 g/mol. The average Bonchev–Trinajstić information content (AvgIpc) is 2.38. The lowest BCUT2D eigenvalue weighted by Gasteiger charge is -2.11. The Bertz CT molecular complexity index is 589. The van der Waals surface area contributed by atoms with E-state index in [0.29, 0.717) is 17.5 Å². The molecule has 4 nitrogen and oxygen atoms in total. The van der Waals surface area contributed by atoms with E-state index in [1.165, 1.54) is 12.1 Å². The molecule has 0 aliphatic rings. The minimum absolute atomic E-state index is 0.302. The summed E-state index contributed by atoms with van der Waals surface area (Å²) in [4.78, 5) is 8.51. The zero-order valence-electron chi connectivity index (χ0n) is 10.7. The summed E-state index contributed by atoms with van der Waals surface area (Å²) >= 11 is 3.37. The standard InChI is InChI=1S/C13H14BrFN4/c1-3-16-13-17-7-8(2)12(19-13)18-11-6-9(15)4-5-10(11)14/h4-7H,3H2,1-2H3,(H2,16,17,18,19). The predicted octanol–water partition coefficient (Wildman–Crippen LogP) is 3.86. The van der Waals surface area contributed by atoms with Crippen LogP contribution in [0.15, 0.2) is 28.9 Å².